The molecule has 6 heteroatoms. The highest BCUT2D eigenvalue weighted by Crippen LogP contribution is 2.20. The molecule has 116 valence electrons. The van der Waals surface area contributed by atoms with E-state index >= 15 is 0 Å². The van der Waals surface area contributed by atoms with E-state index in [1.54, 1.807) is 0 Å². The first kappa shape index (κ1) is 14.9. The molecule has 0 spiro atoms. The Morgan fingerprint density at radius 3 is 3.05 bits per heavy atom. The Hall–Kier alpha value is -0.660. The number of ether oxygens (including phenoxy) is 1. The van der Waals surface area contributed by atoms with Gasteiger partial charge in [0, 0.05) is 37.3 Å². The van der Waals surface area contributed by atoms with Gasteiger partial charge in [0.1, 0.15) is 0 Å². The van der Waals surface area contributed by atoms with Crippen LogP contribution in [0.25, 0.3) is 23.1 Å². The van der Waals surface area contributed by atoms with Gasteiger partial charge in [-0.1, -0.05) is 44.0 Å². The van der Waals surface area contributed by atoms with Crippen molar-refractivity contribution in [1.82, 2.24) is 9.88 Å². The van der Waals surface area contributed by atoms with E-state index in [0.717, 1.165) is 17.4 Å². The topological polar surface area (TPSA) is 46.4 Å². The lowest BCUT2D eigenvalue weighted by Gasteiger charge is -2.13. The van der Waals surface area contributed by atoms with Gasteiger partial charge in [-0.05, 0) is 24.6 Å². The summed E-state index contributed by atoms with van der Waals surface area (Å²) in [5.74, 6) is 0. The van der Waals surface area contributed by atoms with Crippen LogP contribution in [0.5, 0.6) is 0 Å². The molecule has 0 bridgehead atoms. The molecule has 1 fully saturated rings. The predicted octanol–water partition coefficient (Wildman–Crippen LogP) is 1.40. The van der Waals surface area contributed by atoms with Crippen molar-refractivity contribution < 1.29 is 9.84 Å². The predicted molar refractivity (Wildman–Crippen MR) is 94.0 cm³/mol. The standard InChI is InChI=1S/C16H16Br2N2O2/c17-9-1-3-14-12(5-9)13-6-10(18)2-4-15(13)20(14)8-11-7-19-16(21)22-11/h1,3-6,10-11,16,19,21H,2,7-8H2. The molecule has 22 heavy (non-hydrogen) atoms. The summed E-state index contributed by atoms with van der Waals surface area (Å²) in [4.78, 5) is 0.379. The highest BCUT2D eigenvalue weighted by atomic mass is 79.9. The van der Waals surface area contributed by atoms with Gasteiger partial charge in [-0.3, -0.25) is 5.32 Å². The van der Waals surface area contributed by atoms with Gasteiger partial charge in [-0.25, -0.2) is 0 Å². The maximum Gasteiger partial charge on any atom is 0.213 e. The summed E-state index contributed by atoms with van der Waals surface area (Å²) in [6, 6.07) is 6.38. The van der Waals surface area contributed by atoms with Crippen LogP contribution >= 0.6 is 31.9 Å². The fourth-order valence-electron chi connectivity index (χ4n) is 3.26. The monoisotopic (exact) mass is 426 g/mol. The van der Waals surface area contributed by atoms with Gasteiger partial charge in [0.25, 0.3) is 0 Å². The number of aromatic nitrogens is 1. The van der Waals surface area contributed by atoms with E-state index in [9.17, 15) is 5.11 Å². The molecule has 2 aromatic rings. The smallest absolute Gasteiger partial charge is 0.213 e. The minimum Gasteiger partial charge on any atom is -0.356 e. The van der Waals surface area contributed by atoms with E-state index in [1.165, 1.54) is 21.5 Å². The van der Waals surface area contributed by atoms with Gasteiger partial charge >= 0.3 is 0 Å². The second-order valence-corrected chi connectivity index (χ2v) is 7.80. The molecule has 2 N–H and O–H groups in total. The first-order chi connectivity index (χ1) is 10.6. The van der Waals surface area contributed by atoms with Crippen LogP contribution in [0.15, 0.2) is 22.7 Å². The Morgan fingerprint density at radius 2 is 2.27 bits per heavy atom. The Kier molecular flexibility index (Phi) is 3.90. The molecular formula is C16H16Br2N2O2. The van der Waals surface area contributed by atoms with Crippen LogP contribution in [-0.4, -0.2) is 33.6 Å². The van der Waals surface area contributed by atoms with Crippen LogP contribution in [-0.2, 0) is 11.3 Å². The van der Waals surface area contributed by atoms with Gasteiger partial charge in [0.15, 0.2) is 0 Å². The summed E-state index contributed by atoms with van der Waals surface area (Å²) in [6.07, 6.45) is 4.68. The van der Waals surface area contributed by atoms with Gasteiger partial charge in [0.05, 0.1) is 12.6 Å². The van der Waals surface area contributed by atoms with Crippen LogP contribution in [0.2, 0.25) is 0 Å². The molecule has 2 heterocycles. The maximum absolute atomic E-state index is 9.48. The zero-order valence-corrected chi connectivity index (χ0v) is 15.0. The highest BCUT2D eigenvalue weighted by Gasteiger charge is 2.24. The largest absolute Gasteiger partial charge is 0.356 e. The van der Waals surface area contributed by atoms with Crippen molar-refractivity contribution in [3.8, 4) is 0 Å². The average Bonchev–Trinajstić information content (AvgIpc) is 3.02. The number of alkyl halides is 1. The summed E-state index contributed by atoms with van der Waals surface area (Å²) >= 11 is 7.26. The number of nitrogens with one attached hydrogen (secondary N) is 1. The number of hydrogen-bond acceptors (Lipinski definition) is 3. The molecule has 2 aliphatic rings. The van der Waals surface area contributed by atoms with Crippen LogP contribution < -0.4 is 15.9 Å². The molecular weight excluding hydrogens is 412 g/mol. The van der Waals surface area contributed by atoms with Gasteiger partial charge < -0.3 is 14.4 Å². The number of nitrogens with zero attached hydrogens (tertiary/aromatic N) is 1. The number of hydrogen-bond donors (Lipinski definition) is 2. The summed E-state index contributed by atoms with van der Waals surface area (Å²) < 4.78 is 8.89. The Bertz CT molecular complexity index is 846. The molecule has 1 saturated heterocycles. The van der Waals surface area contributed by atoms with Gasteiger partial charge in [-0.2, -0.15) is 0 Å². The normalized spacial score (nSPS) is 27.5. The fourth-order valence-corrected chi connectivity index (χ4v) is 4.07. The zero-order chi connectivity index (χ0) is 15.3. The van der Waals surface area contributed by atoms with Crippen LogP contribution in [0, 0.1) is 0 Å². The van der Waals surface area contributed by atoms with Crippen molar-refractivity contribution in [3.05, 3.63) is 33.2 Å². The first-order valence-corrected chi connectivity index (χ1v) is 9.03. The summed E-state index contributed by atoms with van der Waals surface area (Å²) in [5, 5.41) is 16.2. The Labute approximate surface area is 144 Å². The van der Waals surface area contributed by atoms with Crippen molar-refractivity contribution in [2.75, 3.05) is 6.54 Å². The zero-order valence-electron chi connectivity index (χ0n) is 11.8. The van der Waals surface area contributed by atoms with E-state index in [0.29, 0.717) is 11.4 Å². The van der Waals surface area contributed by atoms with Crippen LogP contribution in [0.4, 0.5) is 0 Å². The molecule has 1 aromatic heterocycles. The molecule has 0 radical (unpaired) electrons. The minimum absolute atomic E-state index is 0.0200. The lowest BCUT2D eigenvalue weighted by Crippen LogP contribution is -2.35. The third-order valence-electron chi connectivity index (χ3n) is 4.22. The quantitative estimate of drug-likeness (QED) is 0.712. The minimum atomic E-state index is -0.848. The van der Waals surface area contributed by atoms with E-state index in [1.807, 2.05) is 0 Å². The summed E-state index contributed by atoms with van der Waals surface area (Å²) in [5.41, 5.74) is 1.20. The molecule has 3 atom stereocenters. The second-order valence-electron chi connectivity index (χ2n) is 5.71. The number of aliphatic hydroxyl groups excluding tert-OH is 1. The lowest BCUT2D eigenvalue weighted by atomic mass is 10.1. The van der Waals surface area contributed by atoms with Crippen molar-refractivity contribution in [2.45, 2.75) is 30.3 Å². The molecule has 0 saturated carbocycles. The lowest BCUT2D eigenvalue weighted by molar-refractivity contribution is -0.103. The summed E-state index contributed by atoms with van der Waals surface area (Å²) in [7, 11) is 0. The molecule has 4 rings (SSSR count). The maximum atomic E-state index is 9.48. The van der Waals surface area contributed by atoms with Crippen LogP contribution in [0.3, 0.4) is 0 Å². The van der Waals surface area contributed by atoms with E-state index in [-0.39, 0.29) is 6.10 Å². The molecule has 1 aliphatic carbocycles. The fraction of sp³-hybridized carbons (Fsp3) is 0.375. The van der Waals surface area contributed by atoms with Crippen molar-refractivity contribution >= 4 is 54.9 Å². The summed E-state index contributed by atoms with van der Waals surface area (Å²) in [6.45, 7) is 1.39. The third kappa shape index (κ3) is 2.57. The van der Waals surface area contributed by atoms with Crippen LogP contribution in [0.1, 0.15) is 6.42 Å². The second kappa shape index (κ2) is 5.76. The highest BCUT2D eigenvalue weighted by molar-refractivity contribution is 9.10. The molecule has 0 amide bonds. The molecule has 4 nitrogen and oxygen atoms in total. The van der Waals surface area contributed by atoms with E-state index in [2.05, 4.69) is 72.1 Å². The number of fused-ring (bicyclic) bond motifs is 3. The Balaban J connectivity index is 1.89. The van der Waals surface area contributed by atoms with Crippen molar-refractivity contribution in [3.63, 3.8) is 0 Å². The molecule has 1 aromatic carbocycles. The van der Waals surface area contributed by atoms with E-state index < -0.39 is 6.41 Å². The van der Waals surface area contributed by atoms with Gasteiger partial charge in [0.2, 0.25) is 6.41 Å². The van der Waals surface area contributed by atoms with Crippen molar-refractivity contribution in [2.24, 2.45) is 0 Å². The third-order valence-corrected chi connectivity index (χ3v) is 5.35. The first-order valence-electron chi connectivity index (χ1n) is 7.32. The SMILES string of the molecule is OC1NCC(Cn2c3c(c4cc(Br)ccc42)=CC(Br)CC=3)O1. The molecule has 3 unspecified atom stereocenters. The number of aliphatic hydroxyl groups is 1. The number of rotatable bonds is 2. The average molecular weight is 428 g/mol. The Morgan fingerprint density at radius 1 is 1.41 bits per heavy atom. The van der Waals surface area contributed by atoms with Crippen molar-refractivity contribution in [1.29, 1.82) is 0 Å². The van der Waals surface area contributed by atoms with E-state index in [4.69, 9.17) is 4.74 Å². The number of benzene rings is 1. The molecule has 1 aliphatic heterocycles. The number of halogens is 2. The van der Waals surface area contributed by atoms with Gasteiger partial charge in [-0.15, -0.1) is 0 Å².